The average molecular weight is 257 g/mol. The van der Waals surface area contributed by atoms with Gasteiger partial charge >= 0.3 is 0 Å². The van der Waals surface area contributed by atoms with Crippen LogP contribution < -0.4 is 5.73 Å². The van der Waals surface area contributed by atoms with Gasteiger partial charge in [-0.3, -0.25) is 4.79 Å². The van der Waals surface area contributed by atoms with E-state index in [0.717, 1.165) is 6.42 Å². The SMILES string of the molecule is CCCN(CC(N)=NO)C(=O)CC(C)C(C)(C)C. The van der Waals surface area contributed by atoms with Gasteiger partial charge in [0.2, 0.25) is 5.91 Å². The number of nitrogens with two attached hydrogens (primary N) is 1. The fourth-order valence-corrected chi connectivity index (χ4v) is 1.49. The molecule has 0 rings (SSSR count). The Bertz CT molecular complexity index is 295. The number of oxime groups is 1. The van der Waals surface area contributed by atoms with E-state index < -0.39 is 0 Å². The van der Waals surface area contributed by atoms with Gasteiger partial charge in [0.05, 0.1) is 6.54 Å². The van der Waals surface area contributed by atoms with Crippen molar-refractivity contribution in [2.24, 2.45) is 22.2 Å². The lowest BCUT2D eigenvalue weighted by Gasteiger charge is -2.29. The zero-order valence-corrected chi connectivity index (χ0v) is 12.2. The van der Waals surface area contributed by atoms with Crippen LogP contribution >= 0.6 is 0 Å². The number of hydrogen-bond acceptors (Lipinski definition) is 3. The van der Waals surface area contributed by atoms with Crippen molar-refractivity contribution >= 4 is 11.7 Å². The van der Waals surface area contributed by atoms with Crippen molar-refractivity contribution in [1.29, 1.82) is 0 Å². The van der Waals surface area contributed by atoms with Crippen molar-refractivity contribution in [3.8, 4) is 0 Å². The predicted octanol–water partition coefficient (Wildman–Crippen LogP) is 2.04. The number of hydrogen-bond donors (Lipinski definition) is 2. The summed E-state index contributed by atoms with van der Waals surface area (Å²) in [6.45, 7) is 11.3. The molecule has 106 valence electrons. The number of rotatable bonds is 6. The fraction of sp³-hybridized carbons (Fsp3) is 0.846. The molecular weight excluding hydrogens is 230 g/mol. The van der Waals surface area contributed by atoms with Gasteiger partial charge in [-0.1, -0.05) is 39.8 Å². The van der Waals surface area contributed by atoms with Crippen LogP contribution in [0.15, 0.2) is 5.16 Å². The number of amides is 1. The van der Waals surface area contributed by atoms with Gasteiger partial charge in [-0.2, -0.15) is 0 Å². The number of nitrogens with zero attached hydrogens (tertiary/aromatic N) is 2. The van der Waals surface area contributed by atoms with E-state index in [0.29, 0.717) is 13.0 Å². The third-order valence-electron chi connectivity index (χ3n) is 3.29. The predicted molar refractivity (Wildman–Crippen MR) is 73.5 cm³/mol. The molecule has 0 saturated carbocycles. The van der Waals surface area contributed by atoms with E-state index in [1.165, 1.54) is 0 Å². The largest absolute Gasteiger partial charge is 0.409 e. The van der Waals surface area contributed by atoms with Crippen LogP contribution in [-0.4, -0.2) is 34.9 Å². The Kier molecular flexibility index (Phi) is 6.73. The maximum Gasteiger partial charge on any atom is 0.223 e. The lowest BCUT2D eigenvalue weighted by molar-refractivity contribution is -0.132. The first-order valence-electron chi connectivity index (χ1n) is 6.46. The van der Waals surface area contributed by atoms with E-state index >= 15 is 0 Å². The van der Waals surface area contributed by atoms with Crippen LogP contribution in [0.5, 0.6) is 0 Å². The van der Waals surface area contributed by atoms with Crippen molar-refractivity contribution in [2.75, 3.05) is 13.1 Å². The molecular formula is C13H27N3O2. The van der Waals surface area contributed by atoms with Crippen LogP contribution in [0.4, 0.5) is 0 Å². The first-order chi connectivity index (χ1) is 8.22. The summed E-state index contributed by atoms with van der Waals surface area (Å²) in [5.74, 6) is 0.419. The Morgan fingerprint density at radius 1 is 1.44 bits per heavy atom. The van der Waals surface area contributed by atoms with Crippen molar-refractivity contribution < 1.29 is 10.0 Å². The molecule has 1 unspecified atom stereocenters. The molecule has 1 amide bonds. The number of amidine groups is 1. The van der Waals surface area contributed by atoms with Crippen molar-refractivity contribution in [1.82, 2.24) is 4.90 Å². The molecule has 0 aromatic rings. The Morgan fingerprint density at radius 3 is 2.39 bits per heavy atom. The zero-order valence-electron chi connectivity index (χ0n) is 12.2. The van der Waals surface area contributed by atoms with E-state index in [2.05, 4.69) is 32.9 Å². The lowest BCUT2D eigenvalue weighted by Crippen LogP contribution is -2.40. The molecule has 1 atom stereocenters. The Hall–Kier alpha value is -1.26. The fourth-order valence-electron chi connectivity index (χ4n) is 1.49. The first kappa shape index (κ1) is 16.7. The van der Waals surface area contributed by atoms with Gasteiger partial charge in [0.15, 0.2) is 5.84 Å². The van der Waals surface area contributed by atoms with Crippen LogP contribution in [0.25, 0.3) is 0 Å². The zero-order chi connectivity index (χ0) is 14.3. The molecule has 0 spiro atoms. The molecule has 0 bridgehead atoms. The lowest BCUT2D eigenvalue weighted by atomic mass is 9.80. The summed E-state index contributed by atoms with van der Waals surface area (Å²) in [5.41, 5.74) is 5.57. The topological polar surface area (TPSA) is 78.9 Å². The summed E-state index contributed by atoms with van der Waals surface area (Å²) in [4.78, 5) is 13.8. The van der Waals surface area contributed by atoms with E-state index in [1.54, 1.807) is 4.90 Å². The first-order valence-corrected chi connectivity index (χ1v) is 6.46. The molecule has 0 heterocycles. The van der Waals surface area contributed by atoms with Gasteiger partial charge in [-0.05, 0) is 17.8 Å². The highest BCUT2D eigenvalue weighted by atomic mass is 16.4. The Labute approximate surface area is 110 Å². The van der Waals surface area contributed by atoms with Crippen LogP contribution in [0, 0.1) is 11.3 Å². The molecule has 3 N–H and O–H groups in total. The molecule has 0 saturated heterocycles. The normalized spacial score (nSPS) is 14.4. The summed E-state index contributed by atoms with van der Waals surface area (Å²) in [6.07, 6.45) is 1.34. The molecule has 0 radical (unpaired) electrons. The molecule has 0 fully saturated rings. The quantitative estimate of drug-likeness (QED) is 0.331. The van der Waals surface area contributed by atoms with Crippen LogP contribution in [-0.2, 0) is 4.79 Å². The van der Waals surface area contributed by atoms with E-state index in [1.807, 2.05) is 6.92 Å². The molecule has 0 aromatic carbocycles. The smallest absolute Gasteiger partial charge is 0.223 e. The maximum atomic E-state index is 12.2. The Balaban J connectivity index is 4.57. The summed E-state index contributed by atoms with van der Waals surface area (Å²) < 4.78 is 0. The van der Waals surface area contributed by atoms with Gasteiger partial charge in [0.25, 0.3) is 0 Å². The number of carbonyl (C=O) groups is 1. The summed E-state index contributed by atoms with van der Waals surface area (Å²) in [5, 5.41) is 11.5. The molecule has 0 aliphatic rings. The van der Waals surface area contributed by atoms with Gasteiger partial charge < -0.3 is 15.8 Å². The summed E-state index contributed by atoms with van der Waals surface area (Å²) in [6, 6.07) is 0. The number of carbonyl (C=O) groups excluding carboxylic acids is 1. The monoisotopic (exact) mass is 257 g/mol. The van der Waals surface area contributed by atoms with Gasteiger partial charge in [-0.15, -0.1) is 0 Å². The summed E-state index contributed by atoms with van der Waals surface area (Å²) in [7, 11) is 0. The molecule has 18 heavy (non-hydrogen) atoms. The van der Waals surface area contributed by atoms with Crippen molar-refractivity contribution in [3.05, 3.63) is 0 Å². The molecule has 0 aliphatic carbocycles. The second-order valence-electron chi connectivity index (χ2n) is 5.88. The van der Waals surface area contributed by atoms with Crippen LogP contribution in [0.1, 0.15) is 47.5 Å². The Morgan fingerprint density at radius 2 is 2.00 bits per heavy atom. The highest BCUT2D eigenvalue weighted by Crippen LogP contribution is 2.28. The highest BCUT2D eigenvalue weighted by Gasteiger charge is 2.25. The van der Waals surface area contributed by atoms with Crippen LogP contribution in [0.3, 0.4) is 0 Å². The van der Waals surface area contributed by atoms with Crippen LogP contribution in [0.2, 0.25) is 0 Å². The minimum absolute atomic E-state index is 0.0610. The van der Waals surface area contributed by atoms with E-state index in [9.17, 15) is 4.79 Å². The third-order valence-corrected chi connectivity index (χ3v) is 3.29. The van der Waals surface area contributed by atoms with Crippen molar-refractivity contribution in [2.45, 2.75) is 47.5 Å². The highest BCUT2D eigenvalue weighted by molar-refractivity contribution is 5.87. The molecule has 0 aliphatic heterocycles. The second kappa shape index (κ2) is 7.24. The van der Waals surface area contributed by atoms with Crippen molar-refractivity contribution in [3.63, 3.8) is 0 Å². The summed E-state index contributed by atoms with van der Waals surface area (Å²) >= 11 is 0. The molecule has 5 nitrogen and oxygen atoms in total. The standard InChI is InChI=1S/C13H27N3O2/c1-6-7-16(9-11(14)15-18)12(17)8-10(2)13(3,4)5/h10,18H,6-9H2,1-5H3,(H2,14,15). The maximum absolute atomic E-state index is 12.2. The minimum atomic E-state index is 0.0610. The molecule has 5 heteroatoms. The second-order valence-corrected chi connectivity index (χ2v) is 5.88. The van der Waals surface area contributed by atoms with Gasteiger partial charge in [-0.25, -0.2) is 0 Å². The van der Waals surface area contributed by atoms with E-state index in [-0.39, 0.29) is 29.6 Å². The third kappa shape index (κ3) is 5.89. The average Bonchev–Trinajstić information content (AvgIpc) is 2.26. The molecule has 0 aromatic heterocycles. The van der Waals surface area contributed by atoms with Gasteiger partial charge in [0, 0.05) is 13.0 Å². The minimum Gasteiger partial charge on any atom is -0.409 e. The van der Waals surface area contributed by atoms with E-state index in [4.69, 9.17) is 10.9 Å². The van der Waals surface area contributed by atoms with Gasteiger partial charge in [0.1, 0.15) is 0 Å².